The van der Waals surface area contributed by atoms with Crippen molar-refractivity contribution in [2.24, 2.45) is 39.7 Å². The number of hydrogen-bond acceptors (Lipinski definition) is 1. The Bertz CT molecular complexity index is 1040. The number of allylic oxidation sites excluding steroid dienone is 9. The van der Waals surface area contributed by atoms with Crippen molar-refractivity contribution in [3.63, 3.8) is 0 Å². The predicted molar refractivity (Wildman–Crippen MR) is 160 cm³/mol. The van der Waals surface area contributed by atoms with Gasteiger partial charge in [0, 0.05) is 6.54 Å². The first-order valence-electron chi connectivity index (χ1n) is 15.8. The van der Waals surface area contributed by atoms with E-state index in [1.807, 2.05) is 11.1 Å². The molecular weight excluding hydrogens is 446 g/mol. The molecule has 5 aliphatic carbocycles. The van der Waals surface area contributed by atoms with Crippen molar-refractivity contribution in [1.82, 2.24) is 0 Å². The minimum atomic E-state index is 0.326. The molecule has 0 aliphatic heterocycles. The highest BCUT2D eigenvalue weighted by atomic mass is 14.6. The maximum absolute atomic E-state index is 5.89. The second-order valence-electron chi connectivity index (χ2n) is 15.0. The number of hydrogen-bond donors (Lipinski definition) is 1. The summed E-state index contributed by atoms with van der Waals surface area (Å²) in [5.74, 6) is 2.52. The summed E-state index contributed by atoms with van der Waals surface area (Å²) in [5, 5.41) is 0. The summed E-state index contributed by atoms with van der Waals surface area (Å²) >= 11 is 0. The van der Waals surface area contributed by atoms with Crippen molar-refractivity contribution in [3.8, 4) is 0 Å². The highest BCUT2D eigenvalue weighted by Gasteiger charge is 2.55. The van der Waals surface area contributed by atoms with E-state index in [2.05, 4.69) is 65.8 Å². The van der Waals surface area contributed by atoms with Crippen LogP contribution in [0, 0.1) is 34.0 Å². The standard InChI is InChI=1S/C36H55N/c1-25(2)9-7-8-10-29-15-17-31-30-16-18-33-34(3,4)22-28(21-26-11-13-27(24-37)14-12-26)23-36(33,6)32(30)19-20-35(29,31)5/h11,13,17,21,25,29,33H,7-10,12,14-16,18-20,22-24,37H2,1-6H3/b28-21-. The van der Waals surface area contributed by atoms with Gasteiger partial charge in [0.1, 0.15) is 0 Å². The molecule has 4 atom stereocenters. The zero-order chi connectivity index (χ0) is 26.4. The monoisotopic (exact) mass is 501 g/mol. The van der Waals surface area contributed by atoms with Gasteiger partial charge in [-0.05, 0) is 115 Å². The Morgan fingerprint density at radius 1 is 0.973 bits per heavy atom. The van der Waals surface area contributed by atoms with Gasteiger partial charge in [-0.3, -0.25) is 0 Å². The summed E-state index contributed by atoms with van der Waals surface area (Å²) in [5.41, 5.74) is 17.1. The molecule has 0 saturated heterocycles. The second kappa shape index (κ2) is 10.3. The molecule has 1 saturated carbocycles. The number of rotatable bonds is 7. The van der Waals surface area contributed by atoms with Crippen LogP contribution >= 0.6 is 0 Å². The molecule has 0 aromatic carbocycles. The van der Waals surface area contributed by atoms with E-state index in [0.717, 1.165) is 30.6 Å². The third-order valence-corrected chi connectivity index (χ3v) is 11.6. The minimum absolute atomic E-state index is 0.326. The van der Waals surface area contributed by atoms with Crippen LogP contribution in [0.2, 0.25) is 0 Å². The maximum Gasteiger partial charge on any atom is 0.0140 e. The van der Waals surface area contributed by atoms with Gasteiger partial charge in [-0.2, -0.15) is 0 Å². The Kier molecular flexibility index (Phi) is 7.60. The molecule has 2 N–H and O–H groups in total. The Morgan fingerprint density at radius 2 is 1.78 bits per heavy atom. The summed E-state index contributed by atoms with van der Waals surface area (Å²) in [6.45, 7) is 15.9. The molecule has 1 nitrogen and oxygen atoms in total. The molecule has 0 amide bonds. The van der Waals surface area contributed by atoms with Crippen LogP contribution in [0.25, 0.3) is 0 Å². The van der Waals surface area contributed by atoms with Crippen molar-refractivity contribution in [2.45, 2.75) is 125 Å². The molecule has 4 unspecified atom stereocenters. The lowest BCUT2D eigenvalue weighted by molar-refractivity contribution is 0.0317. The summed E-state index contributed by atoms with van der Waals surface area (Å²) in [7, 11) is 0. The SMILES string of the molecule is CC(C)CCCCC1CC=C2C3=C(CCC21C)C1(C)C/C(=C\C2=CC=C(CN)CC2)CC(C)(C)C1CC3. The largest absolute Gasteiger partial charge is 0.327 e. The lowest BCUT2D eigenvalue weighted by Gasteiger charge is -2.58. The zero-order valence-corrected chi connectivity index (χ0v) is 25.0. The molecule has 0 spiro atoms. The van der Waals surface area contributed by atoms with E-state index in [4.69, 9.17) is 5.73 Å². The van der Waals surface area contributed by atoms with Gasteiger partial charge in [0.25, 0.3) is 0 Å². The third kappa shape index (κ3) is 5.04. The number of unbranched alkanes of at least 4 members (excludes halogenated alkanes) is 1. The van der Waals surface area contributed by atoms with E-state index in [-0.39, 0.29) is 0 Å². The summed E-state index contributed by atoms with van der Waals surface area (Å²) in [6.07, 6.45) is 27.2. The van der Waals surface area contributed by atoms with Crippen molar-refractivity contribution in [1.29, 1.82) is 0 Å². The lowest BCUT2D eigenvalue weighted by Crippen LogP contribution is -2.48. The molecule has 0 aromatic heterocycles. The van der Waals surface area contributed by atoms with Gasteiger partial charge in [-0.25, -0.2) is 0 Å². The summed E-state index contributed by atoms with van der Waals surface area (Å²) in [6, 6.07) is 0. The first-order valence-corrected chi connectivity index (χ1v) is 15.8. The molecule has 5 aliphatic rings. The van der Waals surface area contributed by atoms with Crippen LogP contribution in [0.15, 0.2) is 57.7 Å². The normalized spacial score (nSPS) is 36.1. The number of nitrogens with two attached hydrogens (primary N) is 1. The van der Waals surface area contributed by atoms with Gasteiger partial charge < -0.3 is 5.73 Å². The van der Waals surface area contributed by atoms with E-state index < -0.39 is 0 Å². The quantitative estimate of drug-likeness (QED) is 0.345. The van der Waals surface area contributed by atoms with Crippen LogP contribution in [-0.4, -0.2) is 6.54 Å². The fourth-order valence-corrected chi connectivity index (χ4v) is 9.67. The van der Waals surface area contributed by atoms with E-state index in [9.17, 15) is 0 Å². The van der Waals surface area contributed by atoms with Crippen molar-refractivity contribution in [3.05, 3.63) is 57.7 Å². The summed E-state index contributed by atoms with van der Waals surface area (Å²) in [4.78, 5) is 0. The minimum Gasteiger partial charge on any atom is -0.327 e. The van der Waals surface area contributed by atoms with Crippen LogP contribution < -0.4 is 5.73 Å². The Balaban J connectivity index is 1.40. The molecule has 1 heteroatoms. The van der Waals surface area contributed by atoms with Crippen LogP contribution in [0.4, 0.5) is 0 Å². The van der Waals surface area contributed by atoms with Gasteiger partial charge in [-0.15, -0.1) is 0 Å². The van der Waals surface area contributed by atoms with Crippen LogP contribution in [-0.2, 0) is 0 Å². The van der Waals surface area contributed by atoms with E-state index in [1.54, 1.807) is 11.1 Å². The molecule has 204 valence electrons. The van der Waals surface area contributed by atoms with Gasteiger partial charge in [0.15, 0.2) is 0 Å². The Hall–Kier alpha value is -1.34. The average molecular weight is 502 g/mol. The molecule has 0 aromatic rings. The van der Waals surface area contributed by atoms with Gasteiger partial charge in [-0.1, -0.05) is 102 Å². The zero-order valence-electron chi connectivity index (χ0n) is 25.0. The second-order valence-corrected chi connectivity index (χ2v) is 15.0. The van der Waals surface area contributed by atoms with Gasteiger partial charge >= 0.3 is 0 Å². The van der Waals surface area contributed by atoms with E-state index in [1.165, 1.54) is 81.8 Å². The molecular formula is C36H55N. The summed E-state index contributed by atoms with van der Waals surface area (Å²) < 4.78 is 0. The number of fused-ring (bicyclic) bond motifs is 4. The first kappa shape index (κ1) is 27.2. The maximum atomic E-state index is 5.89. The highest BCUT2D eigenvalue weighted by molar-refractivity contribution is 5.50. The smallest absolute Gasteiger partial charge is 0.0140 e. The fourth-order valence-electron chi connectivity index (χ4n) is 9.67. The van der Waals surface area contributed by atoms with Crippen LogP contribution in [0.5, 0.6) is 0 Å². The van der Waals surface area contributed by atoms with Gasteiger partial charge in [0.2, 0.25) is 0 Å². The fraction of sp³-hybridized carbons (Fsp3) is 0.722. The first-order chi connectivity index (χ1) is 17.6. The van der Waals surface area contributed by atoms with Crippen LogP contribution in [0.3, 0.4) is 0 Å². The Labute approximate surface area is 228 Å². The third-order valence-electron chi connectivity index (χ3n) is 11.6. The van der Waals surface area contributed by atoms with Crippen LogP contribution in [0.1, 0.15) is 125 Å². The molecule has 0 bridgehead atoms. The molecule has 5 rings (SSSR count). The average Bonchev–Trinajstić information content (AvgIpc) is 3.17. The van der Waals surface area contributed by atoms with Crippen molar-refractivity contribution in [2.75, 3.05) is 6.54 Å². The molecule has 0 heterocycles. The van der Waals surface area contributed by atoms with E-state index in [0.29, 0.717) is 22.8 Å². The Morgan fingerprint density at radius 3 is 2.49 bits per heavy atom. The topological polar surface area (TPSA) is 26.0 Å². The van der Waals surface area contributed by atoms with Gasteiger partial charge in [0.05, 0.1) is 0 Å². The van der Waals surface area contributed by atoms with Crippen molar-refractivity contribution >= 4 is 0 Å². The van der Waals surface area contributed by atoms with E-state index >= 15 is 0 Å². The molecule has 1 fully saturated rings. The highest BCUT2D eigenvalue weighted by Crippen LogP contribution is 2.67. The predicted octanol–water partition coefficient (Wildman–Crippen LogP) is 10.0. The molecule has 0 radical (unpaired) electrons. The van der Waals surface area contributed by atoms with Crippen molar-refractivity contribution < 1.29 is 0 Å². The molecule has 37 heavy (non-hydrogen) atoms. The lowest BCUT2D eigenvalue weighted by atomic mass is 9.46.